The Morgan fingerprint density at radius 2 is 2.33 bits per heavy atom. The van der Waals surface area contributed by atoms with Crippen molar-refractivity contribution in [2.45, 2.75) is 32.6 Å². The Bertz CT molecular complexity index is 145. The van der Waals surface area contributed by atoms with Gasteiger partial charge in [-0.05, 0) is 25.3 Å². The van der Waals surface area contributed by atoms with Crippen molar-refractivity contribution in [2.75, 3.05) is 0 Å². The van der Waals surface area contributed by atoms with Gasteiger partial charge in [-0.25, -0.2) is 0 Å². The van der Waals surface area contributed by atoms with E-state index in [1.165, 1.54) is 5.57 Å². The Balaban J connectivity index is 2.59. The summed E-state index contributed by atoms with van der Waals surface area (Å²) in [4.78, 5) is 10.8. The van der Waals surface area contributed by atoms with Gasteiger partial charge in [0.2, 0.25) is 0 Å². The average Bonchev–Trinajstić information content (AvgIpc) is 1.88. The summed E-state index contributed by atoms with van der Waals surface area (Å²) in [6.45, 7) is 2.10. The lowest BCUT2D eigenvalue weighted by Crippen LogP contribution is -2.01. The van der Waals surface area contributed by atoms with Crippen LogP contribution < -0.4 is 0 Å². The third-order valence-corrected chi connectivity index (χ3v) is 1.74. The zero-order chi connectivity index (χ0) is 6.69. The molecule has 0 amide bonds. The van der Waals surface area contributed by atoms with Gasteiger partial charge in [0, 0.05) is 6.42 Å². The molecule has 1 rings (SSSR count). The first-order valence-electron chi connectivity index (χ1n) is 3.55. The van der Waals surface area contributed by atoms with Crippen molar-refractivity contribution >= 4 is 5.78 Å². The molecule has 1 nitrogen and oxygen atoms in total. The highest BCUT2D eigenvalue weighted by Gasteiger charge is 2.06. The van der Waals surface area contributed by atoms with E-state index in [1.807, 2.05) is 6.08 Å². The van der Waals surface area contributed by atoms with E-state index in [4.69, 9.17) is 0 Å². The van der Waals surface area contributed by atoms with E-state index in [1.54, 1.807) is 0 Å². The molecule has 0 heterocycles. The molecule has 0 saturated carbocycles. The molecule has 0 radical (unpaired) electrons. The van der Waals surface area contributed by atoms with E-state index in [0.29, 0.717) is 5.78 Å². The lowest BCUT2D eigenvalue weighted by Gasteiger charge is -2.08. The van der Waals surface area contributed by atoms with Crippen molar-refractivity contribution < 1.29 is 4.79 Å². The largest absolute Gasteiger partial charge is 0.295 e. The summed E-state index contributed by atoms with van der Waals surface area (Å²) in [6, 6.07) is 0. The third-order valence-electron chi connectivity index (χ3n) is 1.74. The van der Waals surface area contributed by atoms with E-state index in [0.717, 1.165) is 25.7 Å². The molecule has 0 saturated heterocycles. The number of carbonyl (C=O) groups excluding carboxylic acids is 1. The third kappa shape index (κ3) is 1.67. The summed E-state index contributed by atoms with van der Waals surface area (Å²) >= 11 is 0. The van der Waals surface area contributed by atoms with Crippen LogP contribution in [0.25, 0.3) is 0 Å². The number of carbonyl (C=O) groups is 1. The number of hydrogen-bond acceptors (Lipinski definition) is 1. The summed E-state index contributed by atoms with van der Waals surface area (Å²) in [5.74, 6) is 0.318. The van der Waals surface area contributed by atoms with Gasteiger partial charge in [-0.2, -0.15) is 0 Å². The quantitative estimate of drug-likeness (QED) is 0.523. The molecule has 0 spiro atoms. The van der Waals surface area contributed by atoms with Crippen molar-refractivity contribution in [3.8, 4) is 0 Å². The topological polar surface area (TPSA) is 17.1 Å². The highest BCUT2D eigenvalue weighted by molar-refractivity contribution is 5.91. The van der Waals surface area contributed by atoms with Crippen molar-refractivity contribution in [2.24, 2.45) is 0 Å². The maximum absolute atomic E-state index is 10.8. The van der Waals surface area contributed by atoms with E-state index in [9.17, 15) is 4.79 Å². The molecule has 0 unspecified atom stereocenters. The molecule has 0 atom stereocenters. The number of rotatable bonds is 1. The summed E-state index contributed by atoms with van der Waals surface area (Å²) in [5.41, 5.74) is 1.33. The van der Waals surface area contributed by atoms with Gasteiger partial charge in [-0.3, -0.25) is 4.79 Å². The maximum Gasteiger partial charge on any atom is 0.155 e. The standard InChI is InChI=1S/C8H12O/c1-2-7-4-3-5-8(9)6-7/h6H,2-5H2,1H3. The predicted octanol–water partition coefficient (Wildman–Crippen LogP) is 2.08. The van der Waals surface area contributed by atoms with Crippen LogP contribution in [0, 0.1) is 0 Å². The number of hydrogen-bond donors (Lipinski definition) is 0. The lowest BCUT2D eigenvalue weighted by atomic mass is 9.97. The van der Waals surface area contributed by atoms with Gasteiger partial charge in [-0.1, -0.05) is 12.5 Å². The smallest absolute Gasteiger partial charge is 0.155 e. The van der Waals surface area contributed by atoms with Crippen LogP contribution >= 0.6 is 0 Å². The van der Waals surface area contributed by atoms with Crippen LogP contribution in [-0.2, 0) is 4.79 Å². The molecule has 0 aromatic rings. The fourth-order valence-corrected chi connectivity index (χ4v) is 1.14. The first-order chi connectivity index (χ1) is 4.33. The molecular formula is C8H12O. The fourth-order valence-electron chi connectivity index (χ4n) is 1.14. The molecule has 1 aliphatic rings. The minimum absolute atomic E-state index is 0.318. The summed E-state index contributed by atoms with van der Waals surface area (Å²) in [5, 5.41) is 0. The average molecular weight is 124 g/mol. The molecule has 0 bridgehead atoms. The van der Waals surface area contributed by atoms with Gasteiger partial charge < -0.3 is 0 Å². The molecule has 0 aromatic carbocycles. The van der Waals surface area contributed by atoms with Gasteiger partial charge in [0.25, 0.3) is 0 Å². The SMILES string of the molecule is CCC1=CC(=O)CCC1. The van der Waals surface area contributed by atoms with Crippen molar-refractivity contribution in [3.63, 3.8) is 0 Å². The number of allylic oxidation sites excluding steroid dienone is 2. The van der Waals surface area contributed by atoms with Crippen molar-refractivity contribution in [1.29, 1.82) is 0 Å². The van der Waals surface area contributed by atoms with E-state index >= 15 is 0 Å². The first kappa shape index (κ1) is 6.53. The fraction of sp³-hybridized carbons (Fsp3) is 0.625. The Morgan fingerprint density at radius 1 is 1.56 bits per heavy atom. The molecule has 0 fully saturated rings. The highest BCUT2D eigenvalue weighted by Crippen LogP contribution is 2.16. The zero-order valence-electron chi connectivity index (χ0n) is 5.81. The van der Waals surface area contributed by atoms with Crippen molar-refractivity contribution in [1.82, 2.24) is 0 Å². The van der Waals surface area contributed by atoms with Crippen molar-refractivity contribution in [3.05, 3.63) is 11.6 Å². The molecule has 0 N–H and O–H groups in total. The molecule has 9 heavy (non-hydrogen) atoms. The zero-order valence-corrected chi connectivity index (χ0v) is 5.81. The minimum atomic E-state index is 0.318. The van der Waals surface area contributed by atoms with Crippen LogP contribution in [-0.4, -0.2) is 5.78 Å². The van der Waals surface area contributed by atoms with Crippen LogP contribution in [0.4, 0.5) is 0 Å². The molecule has 50 valence electrons. The van der Waals surface area contributed by atoms with Gasteiger partial charge in [0.1, 0.15) is 0 Å². The Morgan fingerprint density at radius 3 is 2.78 bits per heavy atom. The normalized spacial score (nSPS) is 19.7. The summed E-state index contributed by atoms with van der Waals surface area (Å²) in [6.07, 6.45) is 5.83. The van der Waals surface area contributed by atoms with Crippen LogP contribution in [0.15, 0.2) is 11.6 Å². The van der Waals surface area contributed by atoms with Crippen LogP contribution in [0.3, 0.4) is 0 Å². The monoisotopic (exact) mass is 124 g/mol. The summed E-state index contributed by atoms with van der Waals surface area (Å²) in [7, 11) is 0. The van der Waals surface area contributed by atoms with Gasteiger partial charge in [-0.15, -0.1) is 0 Å². The van der Waals surface area contributed by atoms with Crippen LogP contribution in [0.1, 0.15) is 32.6 Å². The molecule has 1 aliphatic carbocycles. The molecule has 1 heteroatoms. The molecule has 0 aromatic heterocycles. The minimum Gasteiger partial charge on any atom is -0.295 e. The molecular weight excluding hydrogens is 112 g/mol. The van der Waals surface area contributed by atoms with E-state index in [2.05, 4.69) is 6.92 Å². The second-order valence-electron chi connectivity index (χ2n) is 2.48. The first-order valence-corrected chi connectivity index (χ1v) is 3.55. The lowest BCUT2D eigenvalue weighted by molar-refractivity contribution is -0.115. The van der Waals surface area contributed by atoms with Gasteiger partial charge in [0.05, 0.1) is 0 Å². The van der Waals surface area contributed by atoms with E-state index in [-0.39, 0.29) is 0 Å². The maximum atomic E-state index is 10.8. The summed E-state index contributed by atoms with van der Waals surface area (Å²) < 4.78 is 0. The van der Waals surface area contributed by atoms with Crippen LogP contribution in [0.5, 0.6) is 0 Å². The second-order valence-corrected chi connectivity index (χ2v) is 2.48. The second kappa shape index (κ2) is 2.81. The Hall–Kier alpha value is -0.590. The van der Waals surface area contributed by atoms with Gasteiger partial charge in [0.15, 0.2) is 5.78 Å². The Labute approximate surface area is 55.8 Å². The Kier molecular flexibility index (Phi) is 2.04. The van der Waals surface area contributed by atoms with Crippen LogP contribution in [0.2, 0.25) is 0 Å². The molecule has 0 aliphatic heterocycles. The van der Waals surface area contributed by atoms with Gasteiger partial charge >= 0.3 is 0 Å². The highest BCUT2D eigenvalue weighted by atomic mass is 16.1. The van der Waals surface area contributed by atoms with E-state index < -0.39 is 0 Å². The number of ketones is 1. The predicted molar refractivity (Wildman–Crippen MR) is 37.2 cm³/mol.